The zero-order valence-corrected chi connectivity index (χ0v) is 24.9. The normalized spacial score (nSPS) is 23.5. The van der Waals surface area contributed by atoms with Crippen molar-refractivity contribution < 1.29 is 26.7 Å². The number of nitrogens with zero attached hydrogens (tertiary/aromatic N) is 6. The molecule has 0 radical (unpaired) electrons. The number of pyridine rings is 1. The highest BCUT2D eigenvalue weighted by Gasteiger charge is 2.63. The van der Waals surface area contributed by atoms with Crippen molar-refractivity contribution in [2.45, 2.75) is 55.8 Å². The molecule has 1 aromatic carbocycles. The van der Waals surface area contributed by atoms with Crippen molar-refractivity contribution in [1.29, 1.82) is 0 Å². The van der Waals surface area contributed by atoms with E-state index in [0.717, 1.165) is 44.1 Å². The van der Waals surface area contributed by atoms with E-state index in [9.17, 15) is 26.7 Å². The van der Waals surface area contributed by atoms with Crippen LogP contribution in [0.2, 0.25) is 0 Å². The number of aromatic nitrogens is 5. The minimum absolute atomic E-state index is 0.138. The molecule has 1 N–H and O–H groups in total. The summed E-state index contributed by atoms with van der Waals surface area (Å²) in [5, 5.41) is 19.2. The Hall–Kier alpha value is -3.81. The number of halogens is 3. The Balaban J connectivity index is 1.24. The maximum absolute atomic E-state index is 14.2. The molecule has 2 fully saturated rings. The van der Waals surface area contributed by atoms with E-state index in [4.69, 9.17) is 0 Å². The molecule has 230 valence electrons. The summed E-state index contributed by atoms with van der Waals surface area (Å²) in [6.45, 7) is 1.59. The van der Waals surface area contributed by atoms with E-state index in [0.29, 0.717) is 19.3 Å². The van der Waals surface area contributed by atoms with Crippen LogP contribution < -0.4 is 0 Å². The second kappa shape index (κ2) is 10.1. The maximum Gasteiger partial charge on any atom is 0.436 e. The highest BCUT2D eigenvalue weighted by atomic mass is 32.2. The molecular weight excluding hydrogens is 593 g/mol. The van der Waals surface area contributed by atoms with Crippen LogP contribution in [-0.4, -0.2) is 55.0 Å². The monoisotopic (exact) mass is 624 g/mol. The second-order valence-corrected chi connectivity index (χ2v) is 13.9. The lowest BCUT2D eigenvalue weighted by molar-refractivity contribution is -0.143. The molecule has 13 heteroatoms. The predicted octanol–water partition coefficient (Wildman–Crippen LogP) is 4.86. The molecular formula is C31H31F3N6O3S. The van der Waals surface area contributed by atoms with Crippen LogP contribution in [0, 0.1) is 18.3 Å². The summed E-state index contributed by atoms with van der Waals surface area (Å²) in [4.78, 5) is 3.24. The van der Waals surface area contributed by atoms with Crippen LogP contribution in [0.1, 0.15) is 53.6 Å². The van der Waals surface area contributed by atoms with Crippen LogP contribution in [-0.2, 0) is 29.7 Å². The van der Waals surface area contributed by atoms with Gasteiger partial charge in [-0.1, -0.05) is 29.3 Å². The predicted molar refractivity (Wildman–Crippen MR) is 155 cm³/mol. The van der Waals surface area contributed by atoms with Gasteiger partial charge in [0.05, 0.1) is 23.3 Å². The topological polar surface area (TPSA) is 106 Å². The molecule has 0 amide bonds. The van der Waals surface area contributed by atoms with Crippen LogP contribution in [0.25, 0.3) is 11.8 Å². The average Bonchev–Trinajstić information content (AvgIpc) is 3.66. The lowest BCUT2D eigenvalue weighted by Crippen LogP contribution is -2.60. The number of hydrogen-bond acceptors (Lipinski definition) is 6. The van der Waals surface area contributed by atoms with Gasteiger partial charge in [-0.05, 0) is 74.4 Å². The minimum atomic E-state index is -4.98. The van der Waals surface area contributed by atoms with Crippen molar-refractivity contribution in [2.75, 3.05) is 6.54 Å². The Kier molecular flexibility index (Phi) is 6.65. The fourth-order valence-electron chi connectivity index (χ4n) is 7.41. The molecule has 2 saturated carbocycles. The van der Waals surface area contributed by atoms with Crippen LogP contribution >= 0.6 is 0 Å². The van der Waals surface area contributed by atoms with Gasteiger partial charge in [0, 0.05) is 37.4 Å². The summed E-state index contributed by atoms with van der Waals surface area (Å²) < 4.78 is 74.1. The summed E-state index contributed by atoms with van der Waals surface area (Å²) in [6.07, 6.45) is 2.58. The summed E-state index contributed by atoms with van der Waals surface area (Å²) >= 11 is 0. The van der Waals surface area contributed by atoms with Crippen molar-refractivity contribution in [3.8, 4) is 5.69 Å². The number of aliphatic hydroxyl groups excluding tert-OH is 1. The molecule has 0 aliphatic heterocycles. The first kappa shape index (κ1) is 28.9. The van der Waals surface area contributed by atoms with E-state index >= 15 is 0 Å². The third-order valence-electron chi connectivity index (χ3n) is 9.50. The number of aliphatic hydroxyl groups is 1. The van der Waals surface area contributed by atoms with Gasteiger partial charge in [-0.2, -0.15) is 27.7 Å². The highest BCUT2D eigenvalue weighted by molar-refractivity contribution is 7.89. The third kappa shape index (κ3) is 4.51. The fourth-order valence-corrected chi connectivity index (χ4v) is 9.27. The Bertz CT molecular complexity index is 1870. The number of rotatable bonds is 7. The van der Waals surface area contributed by atoms with Crippen LogP contribution in [0.4, 0.5) is 13.2 Å². The summed E-state index contributed by atoms with van der Waals surface area (Å²) in [5.74, 6) is -0.138. The van der Waals surface area contributed by atoms with Crippen molar-refractivity contribution in [3.63, 3.8) is 0 Å². The van der Waals surface area contributed by atoms with E-state index in [1.807, 2.05) is 42.1 Å². The van der Waals surface area contributed by atoms with Gasteiger partial charge in [-0.15, -0.1) is 0 Å². The quantitative estimate of drug-likeness (QED) is 0.315. The Morgan fingerprint density at radius 1 is 1.18 bits per heavy atom. The number of alkyl halides is 3. The fraction of sp³-hybridized carbons (Fsp3) is 0.387. The molecule has 3 aromatic heterocycles. The Morgan fingerprint density at radius 3 is 2.66 bits per heavy atom. The van der Waals surface area contributed by atoms with E-state index in [1.54, 1.807) is 18.2 Å². The first-order chi connectivity index (χ1) is 20.9. The lowest BCUT2D eigenvalue weighted by Gasteiger charge is -2.56. The molecule has 0 bridgehead atoms. The zero-order chi connectivity index (χ0) is 31.0. The largest absolute Gasteiger partial charge is 0.436 e. The molecule has 3 unspecified atom stereocenters. The number of fused-ring (bicyclic) bond motifs is 1. The van der Waals surface area contributed by atoms with Crippen LogP contribution in [0.5, 0.6) is 0 Å². The SMILES string of the molecule is Cc1ccc(-n2ncc3c2C=C2CCC4C(N(CC(O)c5ccccn5)S(=O)(=O)c5cn(C)nc5C(F)(F)F)C[C@]24C3)cc1. The number of hydrogen-bond donors (Lipinski definition) is 1. The van der Waals surface area contributed by atoms with E-state index in [2.05, 4.69) is 21.3 Å². The van der Waals surface area contributed by atoms with E-state index < -0.39 is 45.5 Å². The first-order valence-corrected chi connectivity index (χ1v) is 15.9. The van der Waals surface area contributed by atoms with Gasteiger partial charge in [0.1, 0.15) is 11.0 Å². The molecule has 7 rings (SSSR count). The Labute approximate surface area is 252 Å². The molecule has 3 aliphatic rings. The van der Waals surface area contributed by atoms with Crippen molar-refractivity contribution in [1.82, 2.24) is 28.9 Å². The van der Waals surface area contributed by atoms with Crippen LogP contribution in [0.3, 0.4) is 0 Å². The second-order valence-electron chi connectivity index (χ2n) is 12.1. The standard InChI is InChI=1S/C31H31F3N6O3S/c1-19-6-9-22(10-7-19)40-25-13-21-8-11-23-26(15-30(21,23)14-20(25)16-36-40)39(17-27(41)24-5-3-4-12-35-24)44(42,43)28-18-38(2)37-29(28)31(32,33)34/h3-7,9-10,12-13,16,18,23,26-27,41H,8,11,14-15,17H2,1-2H3/t23?,26?,27?,30-/m1/s1. The molecule has 3 aliphatic carbocycles. The van der Waals surface area contributed by atoms with Gasteiger partial charge in [-0.25, -0.2) is 13.1 Å². The van der Waals surface area contributed by atoms with Gasteiger partial charge >= 0.3 is 6.18 Å². The minimum Gasteiger partial charge on any atom is -0.385 e. The summed E-state index contributed by atoms with van der Waals surface area (Å²) in [7, 11) is -3.47. The number of benzene rings is 1. The first-order valence-electron chi connectivity index (χ1n) is 14.5. The number of allylic oxidation sites excluding steroid dienone is 1. The highest BCUT2D eigenvalue weighted by Crippen LogP contribution is 2.65. The molecule has 0 saturated heterocycles. The summed E-state index contributed by atoms with van der Waals surface area (Å²) in [5.41, 5.74) is 3.81. The molecule has 44 heavy (non-hydrogen) atoms. The van der Waals surface area contributed by atoms with Gasteiger partial charge in [-0.3, -0.25) is 9.67 Å². The van der Waals surface area contributed by atoms with Crippen molar-refractivity contribution in [2.24, 2.45) is 18.4 Å². The third-order valence-corrected chi connectivity index (χ3v) is 11.4. The molecule has 3 heterocycles. The maximum atomic E-state index is 14.2. The average molecular weight is 625 g/mol. The van der Waals surface area contributed by atoms with Gasteiger partial charge in [0.15, 0.2) is 5.69 Å². The van der Waals surface area contributed by atoms with Crippen LogP contribution in [0.15, 0.2) is 71.5 Å². The smallest absolute Gasteiger partial charge is 0.385 e. The van der Waals surface area contributed by atoms with Crippen molar-refractivity contribution in [3.05, 3.63) is 94.8 Å². The number of sulfonamides is 1. The molecule has 4 atom stereocenters. The molecule has 4 aromatic rings. The van der Waals surface area contributed by atoms with Gasteiger partial charge in [0.25, 0.3) is 0 Å². The molecule has 9 nitrogen and oxygen atoms in total. The molecule has 1 spiro atoms. The summed E-state index contributed by atoms with van der Waals surface area (Å²) in [6, 6.07) is 12.4. The Morgan fingerprint density at radius 2 is 1.95 bits per heavy atom. The number of aryl methyl sites for hydroxylation is 2. The van der Waals surface area contributed by atoms with E-state index in [-0.39, 0.29) is 17.0 Å². The van der Waals surface area contributed by atoms with Gasteiger partial charge in [0.2, 0.25) is 10.0 Å². The van der Waals surface area contributed by atoms with Gasteiger partial charge < -0.3 is 5.11 Å². The van der Waals surface area contributed by atoms with Crippen molar-refractivity contribution >= 4 is 16.1 Å². The van der Waals surface area contributed by atoms with E-state index in [1.165, 1.54) is 18.8 Å². The zero-order valence-electron chi connectivity index (χ0n) is 24.1. The lowest BCUT2D eigenvalue weighted by atomic mass is 9.53.